The van der Waals surface area contributed by atoms with Crippen molar-refractivity contribution in [3.8, 4) is 0 Å². The number of urea groups is 1. The molecule has 1 aliphatic heterocycles. The van der Waals surface area contributed by atoms with Gasteiger partial charge in [-0.15, -0.1) is 0 Å². The van der Waals surface area contributed by atoms with Crippen molar-refractivity contribution in [1.82, 2.24) is 15.5 Å². The van der Waals surface area contributed by atoms with Gasteiger partial charge in [-0.2, -0.15) is 0 Å². The predicted molar refractivity (Wildman–Crippen MR) is 73.2 cm³/mol. The van der Waals surface area contributed by atoms with Crippen LogP contribution in [0.3, 0.4) is 0 Å². The SMILES string of the molecule is CC(C)(C)NC(=O)CNC(=O)N1CCC[C@@H](C(=O)O)C1. The van der Waals surface area contributed by atoms with Crippen LogP contribution in [0.25, 0.3) is 0 Å². The van der Waals surface area contributed by atoms with E-state index >= 15 is 0 Å². The highest BCUT2D eigenvalue weighted by molar-refractivity contribution is 5.84. The normalized spacial score (nSPS) is 19.4. The zero-order chi connectivity index (χ0) is 15.3. The van der Waals surface area contributed by atoms with Crippen molar-refractivity contribution in [2.24, 2.45) is 5.92 Å². The lowest BCUT2D eigenvalue weighted by molar-refractivity contribution is -0.143. The molecule has 0 aromatic heterocycles. The van der Waals surface area contributed by atoms with Crippen LogP contribution in [-0.2, 0) is 9.59 Å². The Morgan fingerprint density at radius 3 is 2.50 bits per heavy atom. The molecule has 1 heterocycles. The highest BCUT2D eigenvalue weighted by Gasteiger charge is 2.28. The van der Waals surface area contributed by atoms with E-state index in [2.05, 4.69) is 10.6 Å². The number of hydrogen-bond acceptors (Lipinski definition) is 3. The Labute approximate surface area is 118 Å². The summed E-state index contributed by atoms with van der Waals surface area (Å²) in [7, 11) is 0. The number of aliphatic carboxylic acids is 1. The lowest BCUT2D eigenvalue weighted by Gasteiger charge is -2.30. The van der Waals surface area contributed by atoms with E-state index in [1.54, 1.807) is 0 Å². The highest BCUT2D eigenvalue weighted by atomic mass is 16.4. The standard InChI is InChI=1S/C13H23N3O4/c1-13(2,3)15-10(17)7-14-12(20)16-6-4-5-9(8-16)11(18)19/h9H,4-8H2,1-3H3,(H,14,20)(H,15,17)(H,18,19)/t9-/m1/s1. The van der Waals surface area contributed by atoms with Gasteiger partial charge in [0.2, 0.25) is 5.91 Å². The van der Waals surface area contributed by atoms with Gasteiger partial charge in [0, 0.05) is 18.6 Å². The smallest absolute Gasteiger partial charge is 0.317 e. The topological polar surface area (TPSA) is 98.7 Å². The van der Waals surface area contributed by atoms with Crippen LogP contribution in [0, 0.1) is 5.92 Å². The quantitative estimate of drug-likeness (QED) is 0.699. The lowest BCUT2D eigenvalue weighted by Crippen LogP contribution is -2.51. The Kier molecular flexibility index (Phi) is 5.35. The molecule has 1 rings (SSSR count). The molecule has 0 aliphatic carbocycles. The molecule has 0 bridgehead atoms. The van der Waals surface area contributed by atoms with Crippen LogP contribution in [0.2, 0.25) is 0 Å². The Hall–Kier alpha value is -1.79. The highest BCUT2D eigenvalue weighted by Crippen LogP contribution is 2.16. The van der Waals surface area contributed by atoms with Gasteiger partial charge < -0.3 is 20.6 Å². The zero-order valence-corrected chi connectivity index (χ0v) is 12.2. The first-order valence-corrected chi connectivity index (χ1v) is 6.75. The second kappa shape index (κ2) is 6.58. The minimum Gasteiger partial charge on any atom is -0.481 e. The molecule has 0 aromatic rings. The van der Waals surface area contributed by atoms with E-state index in [9.17, 15) is 14.4 Å². The van der Waals surface area contributed by atoms with E-state index < -0.39 is 11.9 Å². The number of piperidine rings is 1. The molecule has 3 amide bonds. The summed E-state index contributed by atoms with van der Waals surface area (Å²) in [5, 5.41) is 14.2. The number of carboxylic acid groups (broad SMARTS) is 1. The van der Waals surface area contributed by atoms with E-state index in [1.807, 2.05) is 20.8 Å². The Balaban J connectivity index is 2.39. The molecule has 20 heavy (non-hydrogen) atoms. The molecule has 1 atom stereocenters. The van der Waals surface area contributed by atoms with Gasteiger partial charge in [-0.25, -0.2) is 4.79 Å². The minimum absolute atomic E-state index is 0.107. The molecular formula is C13H23N3O4. The van der Waals surface area contributed by atoms with Gasteiger partial charge in [-0.1, -0.05) is 0 Å². The third kappa shape index (κ3) is 5.46. The molecule has 7 heteroatoms. The summed E-state index contributed by atoms with van der Waals surface area (Å²) in [4.78, 5) is 35.8. The zero-order valence-electron chi connectivity index (χ0n) is 12.2. The van der Waals surface area contributed by atoms with Gasteiger partial charge in [-0.3, -0.25) is 9.59 Å². The molecule has 0 radical (unpaired) electrons. The van der Waals surface area contributed by atoms with Crippen LogP contribution in [-0.4, -0.2) is 53.1 Å². The largest absolute Gasteiger partial charge is 0.481 e. The van der Waals surface area contributed by atoms with Crippen molar-refractivity contribution < 1.29 is 19.5 Å². The van der Waals surface area contributed by atoms with E-state index in [4.69, 9.17) is 5.11 Å². The van der Waals surface area contributed by atoms with E-state index in [1.165, 1.54) is 4.90 Å². The number of carboxylic acids is 1. The van der Waals surface area contributed by atoms with Crippen molar-refractivity contribution in [2.75, 3.05) is 19.6 Å². The molecule has 1 saturated heterocycles. The Morgan fingerprint density at radius 2 is 1.95 bits per heavy atom. The van der Waals surface area contributed by atoms with Gasteiger partial charge in [0.05, 0.1) is 12.5 Å². The van der Waals surface area contributed by atoms with Gasteiger partial charge in [0.15, 0.2) is 0 Å². The Bertz CT molecular complexity index is 390. The fourth-order valence-corrected chi connectivity index (χ4v) is 2.09. The number of nitrogens with one attached hydrogen (secondary N) is 2. The molecule has 1 fully saturated rings. The number of amides is 3. The predicted octanol–water partition coefficient (Wildman–Crippen LogP) is 0.407. The maximum absolute atomic E-state index is 11.9. The molecule has 114 valence electrons. The second-order valence-corrected chi connectivity index (χ2v) is 6.08. The second-order valence-electron chi connectivity index (χ2n) is 6.08. The van der Waals surface area contributed by atoms with Crippen LogP contribution in [0.1, 0.15) is 33.6 Å². The summed E-state index contributed by atoms with van der Waals surface area (Å²) in [5.74, 6) is -1.66. The molecule has 0 unspecified atom stereocenters. The number of nitrogens with zero attached hydrogens (tertiary/aromatic N) is 1. The summed E-state index contributed by atoms with van der Waals surface area (Å²) in [6.45, 7) is 6.18. The first-order chi connectivity index (χ1) is 9.19. The maximum Gasteiger partial charge on any atom is 0.317 e. The third-order valence-electron chi connectivity index (χ3n) is 2.97. The summed E-state index contributed by atoms with van der Waals surface area (Å²) in [6.07, 6.45) is 1.25. The summed E-state index contributed by atoms with van der Waals surface area (Å²) < 4.78 is 0. The molecule has 1 aliphatic rings. The molecule has 0 saturated carbocycles. The van der Waals surface area contributed by atoms with Crippen molar-refractivity contribution in [3.05, 3.63) is 0 Å². The van der Waals surface area contributed by atoms with Crippen LogP contribution in [0.15, 0.2) is 0 Å². The monoisotopic (exact) mass is 285 g/mol. The molecule has 3 N–H and O–H groups in total. The minimum atomic E-state index is -0.882. The van der Waals surface area contributed by atoms with Crippen molar-refractivity contribution in [1.29, 1.82) is 0 Å². The van der Waals surface area contributed by atoms with Crippen molar-refractivity contribution >= 4 is 17.9 Å². The first kappa shape index (κ1) is 16.3. The van der Waals surface area contributed by atoms with Gasteiger partial charge >= 0.3 is 12.0 Å². The summed E-state index contributed by atoms with van der Waals surface area (Å²) in [6, 6.07) is -0.389. The van der Waals surface area contributed by atoms with Crippen molar-refractivity contribution in [3.63, 3.8) is 0 Å². The number of hydrogen-bond donors (Lipinski definition) is 3. The van der Waals surface area contributed by atoms with E-state index in [-0.39, 0.29) is 30.6 Å². The number of rotatable bonds is 3. The van der Waals surface area contributed by atoms with Crippen LogP contribution in [0.5, 0.6) is 0 Å². The van der Waals surface area contributed by atoms with Gasteiger partial charge in [-0.05, 0) is 33.6 Å². The van der Waals surface area contributed by atoms with Gasteiger partial charge in [0.1, 0.15) is 0 Å². The molecular weight excluding hydrogens is 262 g/mol. The van der Waals surface area contributed by atoms with Crippen LogP contribution < -0.4 is 10.6 Å². The van der Waals surface area contributed by atoms with Crippen LogP contribution in [0.4, 0.5) is 4.79 Å². The lowest BCUT2D eigenvalue weighted by atomic mass is 9.99. The Morgan fingerprint density at radius 1 is 1.30 bits per heavy atom. The summed E-state index contributed by atoms with van der Waals surface area (Å²) in [5.41, 5.74) is -0.346. The summed E-state index contributed by atoms with van der Waals surface area (Å²) >= 11 is 0. The molecule has 0 spiro atoms. The number of carbonyl (C=O) groups is 3. The number of likely N-dealkylation sites (tertiary alicyclic amines) is 1. The maximum atomic E-state index is 11.9. The van der Waals surface area contributed by atoms with Crippen LogP contribution >= 0.6 is 0 Å². The first-order valence-electron chi connectivity index (χ1n) is 6.75. The van der Waals surface area contributed by atoms with E-state index in [0.717, 1.165) is 0 Å². The third-order valence-corrected chi connectivity index (χ3v) is 2.97. The molecule has 7 nitrogen and oxygen atoms in total. The fraction of sp³-hybridized carbons (Fsp3) is 0.769. The average Bonchev–Trinajstić information content (AvgIpc) is 2.34. The number of carbonyl (C=O) groups excluding carboxylic acids is 2. The fourth-order valence-electron chi connectivity index (χ4n) is 2.09. The average molecular weight is 285 g/mol. The molecule has 0 aromatic carbocycles. The van der Waals surface area contributed by atoms with Gasteiger partial charge in [0.25, 0.3) is 0 Å². The van der Waals surface area contributed by atoms with Crippen molar-refractivity contribution in [2.45, 2.75) is 39.2 Å². The van der Waals surface area contributed by atoms with E-state index in [0.29, 0.717) is 19.4 Å².